The van der Waals surface area contributed by atoms with E-state index < -0.39 is 0 Å². The Bertz CT molecular complexity index is 1600. The van der Waals surface area contributed by atoms with Crippen LogP contribution < -0.4 is 0 Å². The molecule has 156 valence electrons. The van der Waals surface area contributed by atoms with Crippen LogP contribution in [0.1, 0.15) is 5.56 Å². The lowest BCUT2D eigenvalue weighted by Crippen LogP contribution is -1.85. The number of aromatic nitrogens is 7. The van der Waals surface area contributed by atoms with E-state index >= 15 is 0 Å². The van der Waals surface area contributed by atoms with Crippen molar-refractivity contribution in [3.63, 3.8) is 0 Å². The molecule has 0 unspecified atom stereocenters. The van der Waals surface area contributed by atoms with Gasteiger partial charge in [0.25, 0.3) is 0 Å². The average Bonchev–Trinajstić information content (AvgIpc) is 3.49. The summed E-state index contributed by atoms with van der Waals surface area (Å²) in [5.74, 6) is -0.264. The molecule has 6 aromatic rings. The predicted molar refractivity (Wildman–Crippen MR) is 121 cm³/mol. The third kappa shape index (κ3) is 2.96. The summed E-state index contributed by atoms with van der Waals surface area (Å²) in [5, 5.41) is 13.6. The fraction of sp³-hybridized carbons (Fsp3) is 0.0833. The van der Waals surface area contributed by atoms with Gasteiger partial charge in [0, 0.05) is 53.1 Å². The first-order chi connectivity index (χ1) is 15.5. The minimum absolute atomic E-state index is 0.264. The summed E-state index contributed by atoms with van der Waals surface area (Å²) in [7, 11) is 1.88. The molecule has 0 aliphatic rings. The number of rotatable bonds is 3. The van der Waals surface area contributed by atoms with Crippen LogP contribution in [0.25, 0.3) is 55.6 Å². The fourth-order valence-corrected chi connectivity index (χ4v) is 4.14. The van der Waals surface area contributed by atoms with Crippen molar-refractivity contribution in [1.82, 2.24) is 34.9 Å². The summed E-state index contributed by atoms with van der Waals surface area (Å²) in [6.45, 7) is 1.88. The Morgan fingerprint density at radius 3 is 2.62 bits per heavy atom. The number of H-pyrrole nitrogens is 2. The number of nitrogens with zero attached hydrogens (tertiary/aromatic N) is 5. The lowest BCUT2D eigenvalue weighted by atomic mass is 10.0. The SMILES string of the molecule is Cc1cc(F)cc(-c2cncc3[nH]c(-c4n[nH]c5ncc(-c6cnn(C)c6)cc45)cc23)c1. The molecule has 0 bridgehead atoms. The number of halogens is 1. The molecule has 0 aliphatic heterocycles. The Morgan fingerprint density at radius 1 is 0.906 bits per heavy atom. The molecule has 5 heterocycles. The van der Waals surface area contributed by atoms with E-state index in [1.165, 1.54) is 12.1 Å². The monoisotopic (exact) mass is 423 g/mol. The van der Waals surface area contributed by atoms with E-state index in [-0.39, 0.29) is 5.82 Å². The number of nitrogens with one attached hydrogen (secondary N) is 2. The number of pyridine rings is 2. The number of fused-ring (bicyclic) bond motifs is 2. The number of benzene rings is 1. The van der Waals surface area contributed by atoms with Crippen LogP contribution in [0.2, 0.25) is 0 Å². The van der Waals surface area contributed by atoms with Crippen molar-refractivity contribution in [1.29, 1.82) is 0 Å². The molecule has 0 aliphatic carbocycles. The van der Waals surface area contributed by atoms with Crippen LogP contribution in [0.4, 0.5) is 4.39 Å². The summed E-state index contributed by atoms with van der Waals surface area (Å²) in [6, 6.07) is 9.09. The zero-order valence-electron chi connectivity index (χ0n) is 17.4. The highest BCUT2D eigenvalue weighted by Crippen LogP contribution is 2.34. The van der Waals surface area contributed by atoms with Crippen LogP contribution in [0.3, 0.4) is 0 Å². The largest absolute Gasteiger partial charge is 0.352 e. The van der Waals surface area contributed by atoms with Gasteiger partial charge in [-0.05, 0) is 42.3 Å². The molecular weight excluding hydrogens is 405 g/mol. The Kier molecular flexibility index (Phi) is 3.94. The van der Waals surface area contributed by atoms with E-state index in [1.807, 2.05) is 38.5 Å². The van der Waals surface area contributed by atoms with Gasteiger partial charge in [-0.15, -0.1) is 0 Å². The van der Waals surface area contributed by atoms with Crippen molar-refractivity contribution in [3.05, 3.63) is 72.7 Å². The first kappa shape index (κ1) is 18.4. The van der Waals surface area contributed by atoms with Crippen LogP contribution in [0.15, 0.2) is 61.3 Å². The van der Waals surface area contributed by atoms with Gasteiger partial charge in [0.1, 0.15) is 11.5 Å². The summed E-state index contributed by atoms with van der Waals surface area (Å²) in [4.78, 5) is 12.3. The van der Waals surface area contributed by atoms with Gasteiger partial charge in [-0.2, -0.15) is 10.2 Å². The van der Waals surface area contributed by atoms with Crippen LogP contribution in [-0.2, 0) is 7.05 Å². The van der Waals surface area contributed by atoms with Gasteiger partial charge in [0.05, 0.1) is 23.6 Å². The topological polar surface area (TPSA) is 88.1 Å². The smallest absolute Gasteiger partial charge is 0.155 e. The normalized spacial score (nSPS) is 11.6. The molecule has 2 N–H and O–H groups in total. The number of hydrogen-bond acceptors (Lipinski definition) is 4. The second kappa shape index (κ2) is 6.84. The molecule has 7 nitrogen and oxygen atoms in total. The molecule has 0 saturated carbocycles. The summed E-state index contributed by atoms with van der Waals surface area (Å²) in [6.07, 6.45) is 9.09. The van der Waals surface area contributed by atoms with Gasteiger partial charge >= 0.3 is 0 Å². The van der Waals surface area contributed by atoms with E-state index in [4.69, 9.17) is 0 Å². The highest BCUT2D eigenvalue weighted by atomic mass is 19.1. The van der Waals surface area contributed by atoms with Crippen molar-refractivity contribution in [2.45, 2.75) is 6.92 Å². The first-order valence-electron chi connectivity index (χ1n) is 10.1. The van der Waals surface area contributed by atoms with Crippen LogP contribution in [0.5, 0.6) is 0 Å². The van der Waals surface area contributed by atoms with Crippen molar-refractivity contribution in [2.75, 3.05) is 0 Å². The average molecular weight is 423 g/mol. The Morgan fingerprint density at radius 2 is 1.81 bits per heavy atom. The van der Waals surface area contributed by atoms with Crippen molar-refractivity contribution in [2.24, 2.45) is 7.05 Å². The predicted octanol–water partition coefficient (Wildman–Crippen LogP) is 5.02. The van der Waals surface area contributed by atoms with Gasteiger partial charge in [-0.1, -0.05) is 6.07 Å². The number of aryl methyl sites for hydroxylation is 2. The third-order valence-corrected chi connectivity index (χ3v) is 5.61. The highest BCUT2D eigenvalue weighted by Gasteiger charge is 2.16. The summed E-state index contributed by atoms with van der Waals surface area (Å²) in [5.41, 5.74) is 7.60. The van der Waals surface area contributed by atoms with Gasteiger partial charge < -0.3 is 4.98 Å². The first-order valence-corrected chi connectivity index (χ1v) is 10.1. The van der Waals surface area contributed by atoms with Crippen LogP contribution in [-0.4, -0.2) is 34.9 Å². The molecule has 8 heteroatoms. The van der Waals surface area contributed by atoms with Crippen LogP contribution >= 0.6 is 0 Å². The minimum atomic E-state index is -0.264. The maximum absolute atomic E-state index is 14.0. The molecule has 1 aromatic carbocycles. The Hall–Kier alpha value is -4.33. The minimum Gasteiger partial charge on any atom is -0.352 e. The fourth-order valence-electron chi connectivity index (χ4n) is 4.14. The van der Waals surface area contributed by atoms with Gasteiger partial charge in [0.2, 0.25) is 0 Å². The van der Waals surface area contributed by atoms with Crippen molar-refractivity contribution < 1.29 is 4.39 Å². The van der Waals surface area contributed by atoms with Gasteiger partial charge in [0.15, 0.2) is 5.65 Å². The standard InChI is InChI=1S/C24H18FN7/c1-13-3-14(5-17(25)4-13)20-10-26-11-22-18(20)7-21(29-22)23-19-6-15(8-27-24(19)31-30-23)16-9-28-32(2)12-16/h3-12,29H,1-2H3,(H,27,30,31). The quantitative estimate of drug-likeness (QED) is 0.419. The molecular formula is C24H18FN7. The maximum Gasteiger partial charge on any atom is 0.155 e. The van der Waals surface area contributed by atoms with E-state index in [1.54, 1.807) is 23.3 Å². The van der Waals surface area contributed by atoms with Crippen molar-refractivity contribution in [3.8, 4) is 33.6 Å². The maximum atomic E-state index is 14.0. The second-order valence-corrected chi connectivity index (χ2v) is 7.94. The number of hydrogen-bond donors (Lipinski definition) is 2. The van der Waals surface area contributed by atoms with Gasteiger partial charge in [-0.25, -0.2) is 9.37 Å². The number of aromatic amines is 2. The van der Waals surface area contributed by atoms with E-state index in [9.17, 15) is 4.39 Å². The van der Waals surface area contributed by atoms with Crippen molar-refractivity contribution >= 4 is 21.9 Å². The molecule has 0 radical (unpaired) electrons. The van der Waals surface area contributed by atoms with E-state index in [0.717, 1.165) is 55.5 Å². The summed E-state index contributed by atoms with van der Waals surface area (Å²) < 4.78 is 15.8. The molecule has 0 fully saturated rings. The third-order valence-electron chi connectivity index (χ3n) is 5.61. The zero-order valence-corrected chi connectivity index (χ0v) is 17.4. The Labute approximate surface area is 182 Å². The molecule has 0 saturated heterocycles. The molecule has 0 spiro atoms. The van der Waals surface area contributed by atoms with Crippen LogP contribution in [0, 0.1) is 12.7 Å². The molecule has 0 atom stereocenters. The lowest BCUT2D eigenvalue weighted by molar-refractivity contribution is 0.627. The Balaban J connectivity index is 1.51. The lowest BCUT2D eigenvalue weighted by Gasteiger charge is -2.05. The van der Waals surface area contributed by atoms with E-state index in [2.05, 4.69) is 36.3 Å². The van der Waals surface area contributed by atoms with E-state index in [0.29, 0.717) is 5.65 Å². The van der Waals surface area contributed by atoms with Gasteiger partial charge in [-0.3, -0.25) is 14.8 Å². The molecule has 5 aromatic heterocycles. The molecule has 0 amide bonds. The zero-order chi connectivity index (χ0) is 21.8. The second-order valence-electron chi connectivity index (χ2n) is 7.94. The molecule has 32 heavy (non-hydrogen) atoms. The highest BCUT2D eigenvalue weighted by molar-refractivity contribution is 6.00. The summed E-state index contributed by atoms with van der Waals surface area (Å²) >= 11 is 0. The molecule has 6 rings (SSSR count).